The van der Waals surface area contributed by atoms with Crippen molar-refractivity contribution < 1.29 is 9.59 Å². The summed E-state index contributed by atoms with van der Waals surface area (Å²) < 4.78 is 0. The Morgan fingerprint density at radius 1 is 0.815 bits per heavy atom. The van der Waals surface area contributed by atoms with E-state index in [1.807, 2.05) is 4.90 Å². The lowest BCUT2D eigenvalue weighted by molar-refractivity contribution is 0.102. The van der Waals surface area contributed by atoms with Crippen molar-refractivity contribution in [2.75, 3.05) is 23.7 Å². The van der Waals surface area contributed by atoms with Gasteiger partial charge in [0.1, 0.15) is 0 Å². The Morgan fingerprint density at radius 3 is 2.00 bits per heavy atom. The number of carbonyl (C=O) groups excluding carboxylic acids is 2. The van der Waals surface area contributed by atoms with Gasteiger partial charge in [-0.05, 0) is 55.3 Å². The number of rotatable bonds is 3. The van der Waals surface area contributed by atoms with Gasteiger partial charge >= 0.3 is 6.03 Å². The van der Waals surface area contributed by atoms with Crippen LogP contribution in [0, 0.1) is 0 Å². The maximum absolute atomic E-state index is 12.4. The highest BCUT2D eigenvalue weighted by molar-refractivity contribution is 6.37. The molecule has 0 aromatic heterocycles. The molecule has 0 radical (unpaired) electrons. The summed E-state index contributed by atoms with van der Waals surface area (Å²) in [4.78, 5) is 26.5. The summed E-state index contributed by atoms with van der Waals surface area (Å²) in [5.41, 5.74) is 1.64. The minimum Gasteiger partial charge on any atom is -0.325 e. The fraction of sp³-hybridized carbons (Fsp3) is 0.300. The zero-order valence-corrected chi connectivity index (χ0v) is 16.3. The van der Waals surface area contributed by atoms with Crippen LogP contribution in [0.2, 0.25) is 10.0 Å². The average Bonchev–Trinajstić information content (AvgIpc) is 2.92. The Kier molecular flexibility index (Phi) is 6.58. The van der Waals surface area contributed by atoms with E-state index in [2.05, 4.69) is 10.6 Å². The molecule has 1 aliphatic heterocycles. The molecule has 0 unspecified atom stereocenters. The maximum atomic E-state index is 12.4. The molecule has 27 heavy (non-hydrogen) atoms. The number of amides is 3. The van der Waals surface area contributed by atoms with E-state index in [0.29, 0.717) is 27.0 Å². The van der Waals surface area contributed by atoms with Gasteiger partial charge in [-0.1, -0.05) is 36.0 Å². The standard InChI is InChI=1S/C20H21Cl2N3O2/c21-14-5-10-17(18(22)13-14)19(26)23-15-6-8-16(9-7-15)24-20(27)25-11-3-1-2-4-12-25/h5-10,13H,1-4,11-12H2,(H,23,26)(H,24,27). The van der Waals surface area contributed by atoms with Crippen LogP contribution in [0.25, 0.3) is 0 Å². The molecule has 5 nitrogen and oxygen atoms in total. The molecule has 0 spiro atoms. The smallest absolute Gasteiger partial charge is 0.321 e. The first kappa shape index (κ1) is 19.5. The molecule has 1 saturated heterocycles. The molecule has 2 N–H and O–H groups in total. The molecule has 1 fully saturated rings. The van der Waals surface area contributed by atoms with Crippen molar-refractivity contribution in [2.24, 2.45) is 0 Å². The zero-order chi connectivity index (χ0) is 19.2. The number of urea groups is 1. The van der Waals surface area contributed by atoms with Crippen LogP contribution < -0.4 is 10.6 Å². The predicted molar refractivity (Wildman–Crippen MR) is 110 cm³/mol. The summed E-state index contributed by atoms with van der Waals surface area (Å²) in [5.74, 6) is -0.321. The number of nitrogens with one attached hydrogen (secondary N) is 2. The maximum Gasteiger partial charge on any atom is 0.321 e. The van der Waals surface area contributed by atoms with Crippen LogP contribution in [-0.4, -0.2) is 29.9 Å². The minimum absolute atomic E-state index is 0.0818. The van der Waals surface area contributed by atoms with Gasteiger partial charge in [0.05, 0.1) is 10.6 Å². The van der Waals surface area contributed by atoms with Crippen molar-refractivity contribution in [3.8, 4) is 0 Å². The van der Waals surface area contributed by atoms with E-state index in [0.717, 1.165) is 25.9 Å². The fourth-order valence-electron chi connectivity index (χ4n) is 2.99. The van der Waals surface area contributed by atoms with Gasteiger partial charge in [0.2, 0.25) is 0 Å². The molecule has 7 heteroatoms. The van der Waals surface area contributed by atoms with Crippen LogP contribution in [0.1, 0.15) is 36.0 Å². The van der Waals surface area contributed by atoms with Gasteiger partial charge in [-0.3, -0.25) is 4.79 Å². The monoisotopic (exact) mass is 405 g/mol. The van der Waals surface area contributed by atoms with Gasteiger partial charge < -0.3 is 15.5 Å². The van der Waals surface area contributed by atoms with Crippen LogP contribution in [0.3, 0.4) is 0 Å². The van der Waals surface area contributed by atoms with Gasteiger partial charge in [-0.25, -0.2) is 4.79 Å². The van der Waals surface area contributed by atoms with Crippen LogP contribution in [0.5, 0.6) is 0 Å². The first-order valence-electron chi connectivity index (χ1n) is 8.95. The number of hydrogen-bond acceptors (Lipinski definition) is 2. The first-order chi connectivity index (χ1) is 13.0. The molecule has 3 amide bonds. The van der Waals surface area contributed by atoms with Gasteiger partial charge in [0, 0.05) is 29.5 Å². The Labute approximate surface area is 168 Å². The lowest BCUT2D eigenvalue weighted by Crippen LogP contribution is -2.35. The third-order valence-electron chi connectivity index (χ3n) is 4.46. The molecular weight excluding hydrogens is 385 g/mol. The lowest BCUT2D eigenvalue weighted by atomic mass is 10.2. The Bertz CT molecular complexity index is 816. The van der Waals surface area contributed by atoms with E-state index in [1.54, 1.807) is 36.4 Å². The number of anilines is 2. The predicted octanol–water partition coefficient (Wildman–Crippen LogP) is 5.65. The zero-order valence-electron chi connectivity index (χ0n) is 14.8. The third kappa shape index (κ3) is 5.37. The van der Waals surface area contributed by atoms with Crippen molar-refractivity contribution in [1.29, 1.82) is 0 Å². The number of likely N-dealkylation sites (tertiary alicyclic amines) is 1. The van der Waals surface area contributed by atoms with E-state index in [1.165, 1.54) is 18.9 Å². The normalized spacial score (nSPS) is 14.4. The molecule has 2 aromatic carbocycles. The summed E-state index contributed by atoms with van der Waals surface area (Å²) in [6.45, 7) is 1.59. The van der Waals surface area contributed by atoms with Crippen molar-refractivity contribution in [3.05, 3.63) is 58.1 Å². The SMILES string of the molecule is O=C(Nc1ccc(NC(=O)N2CCCCCC2)cc1)c1ccc(Cl)cc1Cl. The van der Waals surface area contributed by atoms with Crippen LogP contribution in [-0.2, 0) is 0 Å². The van der Waals surface area contributed by atoms with Gasteiger partial charge in [-0.15, -0.1) is 0 Å². The third-order valence-corrected chi connectivity index (χ3v) is 5.01. The van der Waals surface area contributed by atoms with Gasteiger partial charge in [-0.2, -0.15) is 0 Å². The highest BCUT2D eigenvalue weighted by Gasteiger charge is 2.15. The number of carbonyl (C=O) groups is 2. The fourth-order valence-corrected chi connectivity index (χ4v) is 3.48. The van der Waals surface area contributed by atoms with Gasteiger partial charge in [0.25, 0.3) is 5.91 Å². The molecule has 1 aliphatic rings. The van der Waals surface area contributed by atoms with E-state index in [9.17, 15) is 9.59 Å². The largest absolute Gasteiger partial charge is 0.325 e. The molecule has 2 aromatic rings. The quantitative estimate of drug-likeness (QED) is 0.692. The van der Waals surface area contributed by atoms with Crippen molar-refractivity contribution in [3.63, 3.8) is 0 Å². The highest BCUT2D eigenvalue weighted by Crippen LogP contribution is 2.22. The van der Waals surface area contributed by atoms with Crippen LogP contribution >= 0.6 is 23.2 Å². The number of hydrogen-bond donors (Lipinski definition) is 2. The summed E-state index contributed by atoms with van der Waals surface area (Å²) in [6, 6.07) is 11.6. The Morgan fingerprint density at radius 2 is 1.41 bits per heavy atom. The summed E-state index contributed by atoms with van der Waals surface area (Å²) in [6.07, 6.45) is 4.45. The van der Waals surface area contributed by atoms with Crippen LogP contribution in [0.15, 0.2) is 42.5 Å². The molecule has 0 saturated carbocycles. The van der Waals surface area contributed by atoms with Crippen molar-refractivity contribution in [2.45, 2.75) is 25.7 Å². The van der Waals surface area contributed by atoms with E-state index in [-0.39, 0.29) is 11.9 Å². The van der Waals surface area contributed by atoms with Gasteiger partial charge in [0.15, 0.2) is 0 Å². The first-order valence-corrected chi connectivity index (χ1v) is 9.71. The molecular formula is C20H21Cl2N3O2. The molecule has 0 aliphatic carbocycles. The highest BCUT2D eigenvalue weighted by atomic mass is 35.5. The summed E-state index contributed by atoms with van der Waals surface area (Å²) in [7, 11) is 0. The Balaban J connectivity index is 1.59. The molecule has 3 rings (SSSR count). The summed E-state index contributed by atoms with van der Waals surface area (Å²) in [5, 5.41) is 6.45. The van der Waals surface area contributed by atoms with Crippen LogP contribution in [0.4, 0.5) is 16.2 Å². The van der Waals surface area contributed by atoms with Crippen molar-refractivity contribution >= 4 is 46.5 Å². The van der Waals surface area contributed by atoms with Crippen molar-refractivity contribution in [1.82, 2.24) is 4.90 Å². The van der Waals surface area contributed by atoms with E-state index >= 15 is 0 Å². The molecule has 0 atom stereocenters. The van der Waals surface area contributed by atoms with E-state index < -0.39 is 0 Å². The second kappa shape index (κ2) is 9.11. The molecule has 142 valence electrons. The van der Waals surface area contributed by atoms with E-state index in [4.69, 9.17) is 23.2 Å². The summed E-state index contributed by atoms with van der Waals surface area (Å²) >= 11 is 11.9. The Hall–Kier alpha value is -2.24. The second-order valence-corrected chi connectivity index (χ2v) is 7.33. The molecule has 0 bridgehead atoms. The second-order valence-electron chi connectivity index (χ2n) is 6.49. The topological polar surface area (TPSA) is 61.4 Å². The lowest BCUT2D eigenvalue weighted by Gasteiger charge is -2.20. The average molecular weight is 406 g/mol. The number of nitrogens with zero attached hydrogens (tertiary/aromatic N) is 1. The number of halogens is 2. The molecule has 1 heterocycles. The minimum atomic E-state index is -0.321. The number of benzene rings is 2.